The van der Waals surface area contributed by atoms with E-state index in [1.165, 1.54) is 0 Å². The maximum Gasteiger partial charge on any atom is 0.356 e. The lowest BCUT2D eigenvalue weighted by atomic mass is 10.3. The van der Waals surface area contributed by atoms with Crippen LogP contribution in [-0.2, 0) is 9.36 Å². The molecule has 2 atom stereocenters. The molecule has 9 heteroatoms. The van der Waals surface area contributed by atoms with E-state index in [0.717, 1.165) is 0 Å². The summed E-state index contributed by atoms with van der Waals surface area (Å²) < 4.78 is 10.2. The molecule has 0 aliphatic carbocycles. The van der Waals surface area contributed by atoms with Crippen molar-refractivity contribution in [2.45, 2.75) is 11.9 Å². The SMILES string of the molecule is N[C@H](C(=O)O)C(O)P(=O)(O)O.O. The van der Waals surface area contributed by atoms with Crippen molar-refractivity contribution in [3.05, 3.63) is 0 Å². The molecule has 0 fully saturated rings. The zero-order valence-electron chi connectivity index (χ0n) is 5.78. The van der Waals surface area contributed by atoms with Crippen molar-refractivity contribution in [2.24, 2.45) is 5.73 Å². The largest absolute Gasteiger partial charge is 0.480 e. The predicted molar refractivity (Wildman–Crippen MR) is 37.3 cm³/mol. The molecule has 0 spiro atoms. The average Bonchev–Trinajstić information content (AvgIpc) is 1.82. The average molecular weight is 203 g/mol. The summed E-state index contributed by atoms with van der Waals surface area (Å²) >= 11 is 0. The fourth-order valence-electron chi connectivity index (χ4n) is 0.337. The molecule has 0 bridgehead atoms. The highest BCUT2D eigenvalue weighted by Crippen LogP contribution is 2.40. The topological polar surface area (TPSA) is 173 Å². The second kappa shape index (κ2) is 4.51. The van der Waals surface area contributed by atoms with Crippen LogP contribution in [0.1, 0.15) is 0 Å². The number of nitrogens with two attached hydrogens (primary N) is 1. The van der Waals surface area contributed by atoms with Gasteiger partial charge < -0.3 is 31.2 Å². The number of hydrogen-bond acceptors (Lipinski definition) is 4. The number of hydrogen-bond donors (Lipinski definition) is 5. The molecular formula is C3H10NO7P. The first-order valence-corrected chi connectivity index (χ1v) is 4.16. The van der Waals surface area contributed by atoms with Crippen molar-refractivity contribution in [3.63, 3.8) is 0 Å². The Bertz CT molecular complexity index is 199. The number of rotatable bonds is 3. The molecule has 0 amide bonds. The van der Waals surface area contributed by atoms with Crippen LogP contribution in [0.2, 0.25) is 0 Å². The van der Waals surface area contributed by atoms with Crippen molar-refractivity contribution in [3.8, 4) is 0 Å². The Labute approximate surface area is 67.1 Å². The number of aliphatic hydroxyl groups is 1. The predicted octanol–water partition coefficient (Wildman–Crippen LogP) is -2.93. The molecule has 0 heterocycles. The van der Waals surface area contributed by atoms with Crippen molar-refractivity contribution in [2.75, 3.05) is 0 Å². The third-order valence-corrected chi connectivity index (χ3v) is 1.96. The molecule has 74 valence electrons. The van der Waals surface area contributed by atoms with Crippen LogP contribution in [-0.4, -0.2) is 43.3 Å². The molecule has 1 unspecified atom stereocenters. The maximum atomic E-state index is 10.2. The lowest BCUT2D eigenvalue weighted by Gasteiger charge is -2.15. The van der Waals surface area contributed by atoms with Gasteiger partial charge in [0.25, 0.3) is 0 Å². The Morgan fingerprint density at radius 1 is 1.42 bits per heavy atom. The molecule has 0 aromatic rings. The minimum atomic E-state index is -4.82. The van der Waals surface area contributed by atoms with Crippen molar-refractivity contribution in [1.29, 1.82) is 0 Å². The van der Waals surface area contributed by atoms with Gasteiger partial charge in [-0.15, -0.1) is 0 Å². The Kier molecular flexibility index (Phi) is 5.28. The monoisotopic (exact) mass is 203 g/mol. The van der Waals surface area contributed by atoms with Gasteiger partial charge in [0.05, 0.1) is 0 Å². The molecular weight excluding hydrogens is 193 g/mol. The van der Waals surface area contributed by atoms with Crippen LogP contribution >= 0.6 is 7.60 Å². The molecule has 0 aromatic heterocycles. The second-order valence-electron chi connectivity index (χ2n) is 1.87. The van der Waals surface area contributed by atoms with Crippen LogP contribution in [0.25, 0.3) is 0 Å². The van der Waals surface area contributed by atoms with E-state index in [4.69, 9.17) is 25.7 Å². The number of aliphatic carboxylic acids is 1. The van der Waals surface area contributed by atoms with Crippen LogP contribution in [0.15, 0.2) is 0 Å². The van der Waals surface area contributed by atoms with Crippen LogP contribution < -0.4 is 5.73 Å². The first-order chi connectivity index (χ1) is 4.76. The lowest BCUT2D eigenvalue weighted by Crippen LogP contribution is -2.41. The molecule has 0 saturated heterocycles. The molecule has 8 nitrogen and oxygen atoms in total. The molecule has 8 N–H and O–H groups in total. The van der Waals surface area contributed by atoms with Gasteiger partial charge in [0.2, 0.25) is 0 Å². The van der Waals surface area contributed by atoms with E-state index in [9.17, 15) is 9.36 Å². The Hall–Kier alpha value is -0.500. The lowest BCUT2D eigenvalue weighted by molar-refractivity contribution is -0.140. The first kappa shape index (κ1) is 14.0. The van der Waals surface area contributed by atoms with E-state index >= 15 is 0 Å². The highest BCUT2D eigenvalue weighted by atomic mass is 31.2. The fraction of sp³-hybridized carbons (Fsp3) is 0.667. The Morgan fingerprint density at radius 2 is 1.75 bits per heavy atom. The maximum absolute atomic E-state index is 10.2. The van der Waals surface area contributed by atoms with Crippen molar-refractivity contribution in [1.82, 2.24) is 0 Å². The Morgan fingerprint density at radius 3 is 1.83 bits per heavy atom. The van der Waals surface area contributed by atoms with E-state index in [2.05, 4.69) is 0 Å². The van der Waals surface area contributed by atoms with E-state index in [1.54, 1.807) is 0 Å². The van der Waals surface area contributed by atoms with Crippen LogP contribution in [0.5, 0.6) is 0 Å². The van der Waals surface area contributed by atoms with Crippen molar-refractivity contribution >= 4 is 13.6 Å². The molecule has 0 saturated carbocycles. The van der Waals surface area contributed by atoms with Crippen LogP contribution in [0, 0.1) is 0 Å². The van der Waals surface area contributed by atoms with Gasteiger partial charge >= 0.3 is 13.6 Å². The molecule has 0 aliphatic heterocycles. The first-order valence-electron chi connectivity index (χ1n) is 2.48. The van der Waals surface area contributed by atoms with Crippen LogP contribution in [0.4, 0.5) is 0 Å². The number of aliphatic hydroxyl groups excluding tert-OH is 1. The summed E-state index contributed by atoms with van der Waals surface area (Å²) in [5.41, 5.74) is 4.70. The quantitative estimate of drug-likeness (QED) is 0.305. The van der Waals surface area contributed by atoms with Gasteiger partial charge in [0.15, 0.2) is 5.85 Å². The van der Waals surface area contributed by atoms with Crippen LogP contribution in [0.3, 0.4) is 0 Å². The summed E-state index contributed by atoms with van der Waals surface area (Å²) in [5, 5.41) is 16.6. The third kappa shape index (κ3) is 3.77. The molecule has 0 aliphatic rings. The number of carbonyl (C=O) groups is 1. The fourth-order valence-corrected chi connectivity index (χ4v) is 0.883. The van der Waals surface area contributed by atoms with Gasteiger partial charge in [-0.25, -0.2) is 0 Å². The summed E-state index contributed by atoms with van der Waals surface area (Å²) in [4.78, 5) is 26.4. The van der Waals surface area contributed by atoms with Crippen molar-refractivity contribution < 1.29 is 34.8 Å². The molecule has 0 aromatic carbocycles. The zero-order valence-corrected chi connectivity index (χ0v) is 6.68. The highest BCUT2D eigenvalue weighted by Gasteiger charge is 2.36. The van der Waals surface area contributed by atoms with E-state index in [-0.39, 0.29) is 5.48 Å². The summed E-state index contributed by atoms with van der Waals surface area (Å²) in [7, 11) is -4.82. The van der Waals surface area contributed by atoms with Gasteiger partial charge in [-0.1, -0.05) is 0 Å². The van der Waals surface area contributed by atoms with E-state index in [1.807, 2.05) is 0 Å². The highest BCUT2D eigenvalue weighted by molar-refractivity contribution is 7.52. The summed E-state index contributed by atoms with van der Waals surface area (Å²) in [6.07, 6.45) is 0. The number of carboxylic acids is 1. The minimum absolute atomic E-state index is 0. The summed E-state index contributed by atoms with van der Waals surface area (Å²) in [5.74, 6) is -4.01. The summed E-state index contributed by atoms with van der Waals surface area (Å²) in [6.45, 7) is 0. The van der Waals surface area contributed by atoms with Gasteiger partial charge in [0, 0.05) is 0 Å². The smallest absolute Gasteiger partial charge is 0.356 e. The minimum Gasteiger partial charge on any atom is -0.480 e. The normalized spacial score (nSPS) is 16.0. The standard InChI is InChI=1S/C3H8NO6P.H2O/c4-1(2(5)6)3(7)11(8,9)10;/h1,3,7H,4H2,(H,5,6)(H2,8,9,10);1H2/t1-,3?;/m1./s1. The van der Waals surface area contributed by atoms with Gasteiger partial charge in [-0.2, -0.15) is 0 Å². The van der Waals surface area contributed by atoms with Gasteiger partial charge in [-0.3, -0.25) is 9.36 Å². The molecule has 12 heavy (non-hydrogen) atoms. The molecule has 0 rings (SSSR count). The summed E-state index contributed by atoms with van der Waals surface area (Å²) in [6, 6.07) is -1.96. The molecule has 0 radical (unpaired) electrons. The van der Waals surface area contributed by atoms with E-state index in [0.29, 0.717) is 0 Å². The Balaban J connectivity index is 0. The zero-order chi connectivity index (χ0) is 9.23. The van der Waals surface area contributed by atoms with Gasteiger partial charge in [0.1, 0.15) is 6.04 Å². The third-order valence-electron chi connectivity index (χ3n) is 0.951. The van der Waals surface area contributed by atoms with Gasteiger partial charge in [-0.05, 0) is 0 Å². The number of carboxylic acid groups (broad SMARTS) is 1. The second-order valence-corrected chi connectivity index (χ2v) is 3.57. The van der Waals surface area contributed by atoms with E-state index < -0.39 is 25.5 Å².